The van der Waals surface area contributed by atoms with E-state index in [-0.39, 0.29) is 5.78 Å². The first-order chi connectivity index (χ1) is 8.69. The molecule has 2 rings (SSSR count). The minimum atomic E-state index is 0.0309. The molecule has 0 aliphatic rings. The third-order valence-electron chi connectivity index (χ3n) is 2.44. The number of hydrogen-bond acceptors (Lipinski definition) is 3. The Morgan fingerprint density at radius 3 is 2.50 bits per heavy atom. The van der Waals surface area contributed by atoms with E-state index in [1.54, 1.807) is 6.08 Å². The fraction of sp³-hybridized carbons (Fsp3) is 0.0714. The maximum absolute atomic E-state index is 11.8. The molecular weight excluding hydrogens is 310 g/mol. The number of rotatable bonds is 4. The minimum Gasteiger partial charge on any atom is -0.388 e. The molecule has 92 valence electrons. The van der Waals surface area contributed by atoms with Gasteiger partial charge in [0.25, 0.3) is 0 Å². The van der Waals surface area contributed by atoms with E-state index in [1.165, 1.54) is 11.3 Å². The van der Waals surface area contributed by atoms with Crippen molar-refractivity contribution >= 4 is 44.8 Å². The second kappa shape index (κ2) is 5.98. The number of thiophene rings is 1. The summed E-state index contributed by atoms with van der Waals surface area (Å²) in [6, 6.07) is 11.6. The van der Waals surface area contributed by atoms with Gasteiger partial charge >= 0.3 is 0 Å². The van der Waals surface area contributed by atoms with Crippen LogP contribution in [0.1, 0.15) is 15.2 Å². The van der Waals surface area contributed by atoms with Crippen LogP contribution in [0.4, 0.5) is 5.69 Å². The van der Waals surface area contributed by atoms with Crippen molar-refractivity contribution in [1.82, 2.24) is 0 Å². The lowest BCUT2D eigenvalue weighted by molar-refractivity contribution is 0.105. The monoisotopic (exact) mass is 321 g/mol. The summed E-state index contributed by atoms with van der Waals surface area (Å²) in [7, 11) is 1.88. The van der Waals surface area contributed by atoms with Gasteiger partial charge in [-0.05, 0) is 51.8 Å². The van der Waals surface area contributed by atoms with Crippen molar-refractivity contribution in [1.29, 1.82) is 0 Å². The molecule has 0 fully saturated rings. The van der Waals surface area contributed by atoms with E-state index in [0.717, 1.165) is 19.9 Å². The average Bonchev–Trinajstić information content (AvgIpc) is 2.83. The van der Waals surface area contributed by atoms with Crippen molar-refractivity contribution in [3.8, 4) is 0 Å². The molecule has 0 saturated heterocycles. The Morgan fingerprint density at radius 2 is 1.94 bits per heavy atom. The number of nitrogens with one attached hydrogen (secondary N) is 1. The molecule has 18 heavy (non-hydrogen) atoms. The molecule has 0 bridgehead atoms. The fourth-order valence-electron chi connectivity index (χ4n) is 1.46. The Morgan fingerprint density at radius 1 is 1.22 bits per heavy atom. The molecule has 0 saturated carbocycles. The molecule has 4 heteroatoms. The van der Waals surface area contributed by atoms with Gasteiger partial charge in [-0.25, -0.2) is 0 Å². The van der Waals surface area contributed by atoms with Crippen molar-refractivity contribution in [2.45, 2.75) is 0 Å². The van der Waals surface area contributed by atoms with Gasteiger partial charge in [-0.3, -0.25) is 4.79 Å². The number of anilines is 1. The molecular formula is C14H12BrNOS. The van der Waals surface area contributed by atoms with Crippen molar-refractivity contribution in [2.75, 3.05) is 12.4 Å². The zero-order valence-corrected chi connectivity index (χ0v) is 12.2. The summed E-state index contributed by atoms with van der Waals surface area (Å²) >= 11 is 4.79. The van der Waals surface area contributed by atoms with Crippen LogP contribution in [0.25, 0.3) is 6.08 Å². The van der Waals surface area contributed by atoms with Crippen molar-refractivity contribution in [2.24, 2.45) is 0 Å². The van der Waals surface area contributed by atoms with E-state index in [2.05, 4.69) is 21.2 Å². The zero-order chi connectivity index (χ0) is 13.0. The highest BCUT2D eigenvalue weighted by Crippen LogP contribution is 2.22. The number of hydrogen-bond donors (Lipinski definition) is 1. The lowest BCUT2D eigenvalue weighted by Crippen LogP contribution is -1.89. The van der Waals surface area contributed by atoms with Crippen molar-refractivity contribution in [3.63, 3.8) is 0 Å². The van der Waals surface area contributed by atoms with E-state index in [0.29, 0.717) is 0 Å². The van der Waals surface area contributed by atoms with Crippen LogP contribution in [0.3, 0.4) is 0 Å². The zero-order valence-electron chi connectivity index (χ0n) is 9.81. The summed E-state index contributed by atoms with van der Waals surface area (Å²) < 4.78 is 0.970. The first-order valence-electron chi connectivity index (χ1n) is 5.44. The third kappa shape index (κ3) is 3.31. The van der Waals surface area contributed by atoms with Gasteiger partial charge in [-0.2, -0.15) is 0 Å². The number of carbonyl (C=O) groups is 1. The molecule has 0 aliphatic carbocycles. The highest BCUT2D eigenvalue weighted by atomic mass is 79.9. The number of carbonyl (C=O) groups excluding carboxylic acids is 1. The highest BCUT2D eigenvalue weighted by molar-refractivity contribution is 9.11. The van der Waals surface area contributed by atoms with Crippen LogP contribution in [0.5, 0.6) is 0 Å². The summed E-state index contributed by atoms with van der Waals surface area (Å²) in [4.78, 5) is 12.6. The second-order valence-electron chi connectivity index (χ2n) is 3.67. The van der Waals surface area contributed by atoms with Crippen LogP contribution in [0, 0.1) is 0 Å². The standard InChI is InChI=1S/C14H12BrNOS/c1-16-11-5-2-10(3-6-11)4-7-12(17)13-8-9-14(15)18-13/h2-9,16H,1H3. The number of ketones is 1. The second-order valence-corrected chi connectivity index (χ2v) is 6.14. The number of halogens is 1. The molecule has 0 radical (unpaired) electrons. The van der Waals surface area contributed by atoms with Gasteiger partial charge in [0.1, 0.15) is 0 Å². The van der Waals surface area contributed by atoms with E-state index >= 15 is 0 Å². The van der Waals surface area contributed by atoms with E-state index in [4.69, 9.17) is 0 Å². The van der Waals surface area contributed by atoms with Gasteiger partial charge in [-0.15, -0.1) is 11.3 Å². The maximum atomic E-state index is 11.8. The Bertz CT molecular complexity index is 572. The molecule has 1 aromatic heterocycles. The molecule has 2 aromatic rings. The largest absolute Gasteiger partial charge is 0.388 e. The van der Waals surface area contributed by atoms with Crippen LogP contribution in [0.15, 0.2) is 46.3 Å². The molecule has 1 aromatic carbocycles. The number of benzene rings is 1. The summed E-state index contributed by atoms with van der Waals surface area (Å²) in [6.45, 7) is 0. The first kappa shape index (κ1) is 13.1. The minimum absolute atomic E-state index is 0.0309. The van der Waals surface area contributed by atoms with Gasteiger partial charge in [0, 0.05) is 12.7 Å². The fourth-order valence-corrected chi connectivity index (χ4v) is 2.77. The van der Waals surface area contributed by atoms with Crippen molar-refractivity contribution < 1.29 is 4.79 Å². The van der Waals surface area contributed by atoms with Crippen LogP contribution in [-0.4, -0.2) is 12.8 Å². The van der Waals surface area contributed by atoms with Gasteiger partial charge in [0.15, 0.2) is 5.78 Å². The number of allylic oxidation sites excluding steroid dienone is 1. The predicted molar refractivity (Wildman–Crippen MR) is 81.4 cm³/mol. The molecule has 1 heterocycles. The first-order valence-corrected chi connectivity index (χ1v) is 7.05. The normalized spacial score (nSPS) is 10.8. The predicted octanol–water partition coefficient (Wildman–Crippen LogP) is 4.45. The van der Waals surface area contributed by atoms with Gasteiger partial charge in [-0.1, -0.05) is 18.2 Å². The van der Waals surface area contributed by atoms with E-state index in [9.17, 15) is 4.79 Å². The maximum Gasteiger partial charge on any atom is 0.195 e. The van der Waals surface area contributed by atoms with E-state index in [1.807, 2.05) is 49.5 Å². The highest BCUT2D eigenvalue weighted by Gasteiger charge is 2.04. The van der Waals surface area contributed by atoms with Crippen molar-refractivity contribution in [3.05, 3.63) is 56.7 Å². The molecule has 0 atom stereocenters. The summed E-state index contributed by atoms with van der Waals surface area (Å²) in [6.07, 6.45) is 3.43. The lowest BCUT2D eigenvalue weighted by atomic mass is 10.1. The SMILES string of the molecule is CNc1ccc(C=CC(=O)c2ccc(Br)s2)cc1. The summed E-state index contributed by atoms with van der Waals surface area (Å²) in [5, 5.41) is 3.05. The van der Waals surface area contributed by atoms with Gasteiger partial charge in [0.2, 0.25) is 0 Å². The van der Waals surface area contributed by atoms with Crippen LogP contribution in [-0.2, 0) is 0 Å². The topological polar surface area (TPSA) is 29.1 Å². The van der Waals surface area contributed by atoms with Crippen LogP contribution < -0.4 is 5.32 Å². The average molecular weight is 322 g/mol. The van der Waals surface area contributed by atoms with Gasteiger partial charge in [0.05, 0.1) is 8.66 Å². The van der Waals surface area contributed by atoms with Crippen LogP contribution in [0.2, 0.25) is 0 Å². The van der Waals surface area contributed by atoms with Gasteiger partial charge < -0.3 is 5.32 Å². The van der Waals surface area contributed by atoms with E-state index < -0.39 is 0 Å². The quantitative estimate of drug-likeness (QED) is 0.666. The third-order valence-corrected chi connectivity index (χ3v) is 4.08. The summed E-state index contributed by atoms with van der Waals surface area (Å²) in [5.41, 5.74) is 2.07. The Balaban J connectivity index is 2.08. The molecule has 0 amide bonds. The molecule has 0 unspecified atom stereocenters. The Kier molecular flexibility index (Phi) is 4.33. The Labute approximate surface area is 118 Å². The molecule has 2 nitrogen and oxygen atoms in total. The van der Waals surface area contributed by atoms with Crippen LogP contribution >= 0.6 is 27.3 Å². The molecule has 0 spiro atoms. The lowest BCUT2D eigenvalue weighted by Gasteiger charge is -1.99. The summed E-state index contributed by atoms with van der Waals surface area (Å²) in [5.74, 6) is 0.0309. The molecule has 1 N–H and O–H groups in total. The molecule has 0 aliphatic heterocycles. The smallest absolute Gasteiger partial charge is 0.195 e. The Hall–Kier alpha value is -1.39.